The summed E-state index contributed by atoms with van der Waals surface area (Å²) in [6, 6.07) is 0. The largest absolute Gasteiger partial charge is 0.382 e. The topological polar surface area (TPSA) is 76.4 Å². The van der Waals surface area contributed by atoms with Crippen molar-refractivity contribution in [1.29, 1.82) is 0 Å². The van der Waals surface area contributed by atoms with E-state index in [0.717, 1.165) is 76.3 Å². The summed E-state index contributed by atoms with van der Waals surface area (Å²) in [6.07, 6.45) is 12.0. The molecule has 7 nitrogen and oxygen atoms in total. The van der Waals surface area contributed by atoms with Gasteiger partial charge >= 0.3 is 0 Å². The Bertz CT molecular complexity index is 635. The van der Waals surface area contributed by atoms with Gasteiger partial charge in [0.1, 0.15) is 11.6 Å². The summed E-state index contributed by atoms with van der Waals surface area (Å²) in [6.45, 7) is 9.50. The second kappa shape index (κ2) is 11.5. The first-order valence-electron chi connectivity index (χ1n) is 11.8. The molecular weight excluding hydrogens is 364 g/mol. The molecule has 1 aromatic heterocycles. The third-order valence-electron chi connectivity index (χ3n) is 6.39. The SMILES string of the molecule is CCNC(=NCC1(CCOCC)CCCC1)NCCc1nnc2n1CCCCC2. The Kier molecular flexibility index (Phi) is 8.77. The monoisotopic (exact) mass is 404 g/mol. The molecule has 0 spiro atoms. The normalized spacial score (nSPS) is 19.0. The second-order valence-corrected chi connectivity index (χ2v) is 8.52. The molecule has 0 saturated heterocycles. The lowest BCUT2D eigenvalue weighted by Crippen LogP contribution is -2.39. The minimum absolute atomic E-state index is 0.321. The Morgan fingerprint density at radius 3 is 2.76 bits per heavy atom. The zero-order valence-electron chi connectivity index (χ0n) is 18.5. The van der Waals surface area contributed by atoms with Gasteiger partial charge in [0.2, 0.25) is 0 Å². The maximum Gasteiger partial charge on any atom is 0.191 e. The Hall–Kier alpha value is -1.63. The van der Waals surface area contributed by atoms with Crippen LogP contribution in [0.5, 0.6) is 0 Å². The lowest BCUT2D eigenvalue weighted by molar-refractivity contribution is 0.107. The van der Waals surface area contributed by atoms with E-state index in [9.17, 15) is 0 Å². The van der Waals surface area contributed by atoms with Gasteiger partial charge in [0.05, 0.1) is 0 Å². The molecule has 3 rings (SSSR count). The maximum absolute atomic E-state index is 5.64. The summed E-state index contributed by atoms with van der Waals surface area (Å²) in [5.74, 6) is 3.19. The lowest BCUT2D eigenvalue weighted by atomic mass is 9.83. The van der Waals surface area contributed by atoms with E-state index < -0.39 is 0 Å². The predicted molar refractivity (Wildman–Crippen MR) is 117 cm³/mol. The number of nitrogens with zero attached hydrogens (tertiary/aromatic N) is 4. The highest BCUT2D eigenvalue weighted by Crippen LogP contribution is 2.41. The van der Waals surface area contributed by atoms with Gasteiger partial charge in [0.25, 0.3) is 0 Å². The smallest absolute Gasteiger partial charge is 0.191 e. The molecule has 164 valence electrons. The number of guanidine groups is 1. The summed E-state index contributed by atoms with van der Waals surface area (Å²) >= 11 is 0. The number of ether oxygens (including phenoxy) is 1. The molecule has 7 heteroatoms. The van der Waals surface area contributed by atoms with Gasteiger partial charge in [-0.15, -0.1) is 10.2 Å². The third kappa shape index (κ3) is 6.43. The van der Waals surface area contributed by atoms with Crippen molar-refractivity contribution >= 4 is 5.96 Å². The minimum atomic E-state index is 0.321. The predicted octanol–water partition coefficient (Wildman–Crippen LogP) is 3.09. The molecule has 1 aliphatic carbocycles. The average molecular weight is 405 g/mol. The maximum atomic E-state index is 5.64. The first-order chi connectivity index (χ1) is 14.3. The summed E-state index contributed by atoms with van der Waals surface area (Å²) in [5, 5.41) is 15.8. The minimum Gasteiger partial charge on any atom is -0.382 e. The molecule has 2 aliphatic rings. The van der Waals surface area contributed by atoms with Gasteiger partial charge in [-0.2, -0.15) is 0 Å². The summed E-state index contributed by atoms with van der Waals surface area (Å²) in [5.41, 5.74) is 0.321. The van der Waals surface area contributed by atoms with Crippen molar-refractivity contribution in [2.45, 2.75) is 84.6 Å². The van der Waals surface area contributed by atoms with E-state index in [2.05, 4.69) is 39.2 Å². The molecule has 0 aromatic carbocycles. The molecule has 0 bridgehead atoms. The van der Waals surface area contributed by atoms with Crippen molar-refractivity contribution in [3.05, 3.63) is 11.6 Å². The van der Waals surface area contributed by atoms with Crippen LogP contribution in [0.4, 0.5) is 0 Å². The molecule has 0 radical (unpaired) electrons. The average Bonchev–Trinajstić information content (AvgIpc) is 3.27. The number of aromatic nitrogens is 3. The van der Waals surface area contributed by atoms with Crippen LogP contribution in [-0.4, -0.2) is 53.6 Å². The van der Waals surface area contributed by atoms with E-state index in [-0.39, 0.29) is 0 Å². The van der Waals surface area contributed by atoms with Crippen LogP contribution in [0.2, 0.25) is 0 Å². The van der Waals surface area contributed by atoms with Crippen LogP contribution >= 0.6 is 0 Å². The van der Waals surface area contributed by atoms with Crippen molar-refractivity contribution in [3.63, 3.8) is 0 Å². The summed E-state index contributed by atoms with van der Waals surface area (Å²) in [4.78, 5) is 4.96. The van der Waals surface area contributed by atoms with Gasteiger partial charge in [-0.3, -0.25) is 4.99 Å². The van der Waals surface area contributed by atoms with Gasteiger partial charge in [0, 0.05) is 52.2 Å². The highest BCUT2D eigenvalue weighted by Gasteiger charge is 2.33. The lowest BCUT2D eigenvalue weighted by Gasteiger charge is -2.27. The molecule has 2 N–H and O–H groups in total. The van der Waals surface area contributed by atoms with Crippen LogP contribution in [0.1, 0.15) is 76.9 Å². The number of aliphatic imine (C=N–C) groups is 1. The molecule has 1 saturated carbocycles. The van der Waals surface area contributed by atoms with Crippen LogP contribution in [0.3, 0.4) is 0 Å². The molecule has 1 aliphatic heterocycles. The highest BCUT2D eigenvalue weighted by molar-refractivity contribution is 5.79. The van der Waals surface area contributed by atoms with E-state index in [0.29, 0.717) is 5.41 Å². The number of hydrogen-bond acceptors (Lipinski definition) is 4. The van der Waals surface area contributed by atoms with Gasteiger partial charge in [-0.1, -0.05) is 19.3 Å². The van der Waals surface area contributed by atoms with Crippen LogP contribution in [-0.2, 0) is 24.1 Å². The second-order valence-electron chi connectivity index (χ2n) is 8.52. The van der Waals surface area contributed by atoms with E-state index >= 15 is 0 Å². The van der Waals surface area contributed by atoms with Crippen molar-refractivity contribution in [2.75, 3.05) is 32.8 Å². The van der Waals surface area contributed by atoms with E-state index in [1.165, 1.54) is 44.9 Å². The summed E-state index contributed by atoms with van der Waals surface area (Å²) < 4.78 is 7.97. The van der Waals surface area contributed by atoms with Crippen molar-refractivity contribution < 1.29 is 4.74 Å². The van der Waals surface area contributed by atoms with E-state index in [1.54, 1.807) is 0 Å². The van der Waals surface area contributed by atoms with Crippen LogP contribution in [0.25, 0.3) is 0 Å². The van der Waals surface area contributed by atoms with Gasteiger partial charge in [-0.25, -0.2) is 0 Å². The van der Waals surface area contributed by atoms with Gasteiger partial charge in [0.15, 0.2) is 5.96 Å². The van der Waals surface area contributed by atoms with Crippen LogP contribution < -0.4 is 10.6 Å². The van der Waals surface area contributed by atoms with Gasteiger partial charge < -0.3 is 19.9 Å². The number of rotatable bonds is 10. The molecule has 2 heterocycles. The Morgan fingerprint density at radius 2 is 1.97 bits per heavy atom. The number of aryl methyl sites for hydroxylation is 1. The molecule has 0 amide bonds. The molecular formula is C22H40N6O. The van der Waals surface area contributed by atoms with Crippen molar-refractivity contribution in [3.8, 4) is 0 Å². The number of nitrogens with one attached hydrogen (secondary N) is 2. The Labute approximate surface area is 176 Å². The molecule has 1 aromatic rings. The van der Waals surface area contributed by atoms with E-state index in [1.807, 2.05) is 0 Å². The Morgan fingerprint density at radius 1 is 1.10 bits per heavy atom. The third-order valence-corrected chi connectivity index (χ3v) is 6.39. The zero-order chi connectivity index (χ0) is 20.4. The fourth-order valence-electron chi connectivity index (χ4n) is 4.66. The van der Waals surface area contributed by atoms with Crippen molar-refractivity contribution in [2.24, 2.45) is 10.4 Å². The quantitative estimate of drug-likeness (QED) is 0.356. The zero-order valence-corrected chi connectivity index (χ0v) is 18.5. The van der Waals surface area contributed by atoms with E-state index in [4.69, 9.17) is 9.73 Å². The molecule has 0 unspecified atom stereocenters. The van der Waals surface area contributed by atoms with Crippen molar-refractivity contribution in [1.82, 2.24) is 25.4 Å². The first kappa shape index (κ1) is 22.1. The first-order valence-corrected chi connectivity index (χ1v) is 11.8. The standard InChI is InChI=1S/C22H40N6O/c1-3-23-21(25-18-22(12-7-8-13-22)14-17-29-4-2)24-15-11-20-27-26-19-10-6-5-9-16-28(19)20/h3-18H2,1-2H3,(H2,23,24,25). The highest BCUT2D eigenvalue weighted by atomic mass is 16.5. The summed E-state index contributed by atoms with van der Waals surface area (Å²) in [7, 11) is 0. The number of fused-ring (bicyclic) bond motifs is 1. The molecule has 29 heavy (non-hydrogen) atoms. The van der Waals surface area contributed by atoms with Crippen LogP contribution in [0.15, 0.2) is 4.99 Å². The molecule has 1 fully saturated rings. The number of hydrogen-bond donors (Lipinski definition) is 2. The fraction of sp³-hybridized carbons (Fsp3) is 0.864. The fourth-order valence-corrected chi connectivity index (χ4v) is 4.66. The molecule has 0 atom stereocenters. The van der Waals surface area contributed by atoms with Gasteiger partial charge in [-0.05, 0) is 51.4 Å². The Balaban J connectivity index is 1.53. The van der Waals surface area contributed by atoms with Crippen LogP contribution in [0, 0.1) is 5.41 Å².